The molecular weight excluding hydrogens is 203 g/mol. The maximum absolute atomic E-state index is 5.53. The summed E-state index contributed by atoms with van der Waals surface area (Å²) in [7, 11) is -0.454. The van der Waals surface area contributed by atoms with Gasteiger partial charge in [0.1, 0.15) is 0 Å². The Bertz CT molecular complexity index is 115. The fourth-order valence-corrected chi connectivity index (χ4v) is 1.12. The highest BCUT2D eigenvalue weighted by Crippen LogP contribution is 2.00. The minimum Gasteiger partial charge on any atom is -0.386 e. The van der Waals surface area contributed by atoms with Gasteiger partial charge in [0, 0.05) is 21.2 Å². The molecule has 0 aliphatic rings. The van der Waals surface area contributed by atoms with Gasteiger partial charge in [0.15, 0.2) is 0 Å². The molecule has 0 aromatic carbocycles. The van der Waals surface area contributed by atoms with Crippen molar-refractivity contribution in [2.45, 2.75) is 59.3 Å². The van der Waals surface area contributed by atoms with E-state index in [4.69, 9.17) is 14.0 Å². The molecule has 0 atom stereocenters. The zero-order chi connectivity index (χ0) is 12.1. The molecule has 0 aromatic heterocycles. The van der Waals surface area contributed by atoms with Gasteiger partial charge in [-0.25, -0.2) is 0 Å². The van der Waals surface area contributed by atoms with Crippen LogP contribution in [0.25, 0.3) is 0 Å². The number of hydrogen-bond donors (Lipinski definition) is 0. The number of unbranched alkanes of at least 4 members (excludes halogenated alkanes) is 3. The van der Waals surface area contributed by atoms with Gasteiger partial charge in [-0.3, -0.25) is 0 Å². The van der Waals surface area contributed by atoms with E-state index >= 15 is 0 Å². The molecule has 0 saturated heterocycles. The van der Waals surface area contributed by atoms with Crippen molar-refractivity contribution in [2.75, 3.05) is 19.8 Å². The van der Waals surface area contributed by atoms with Gasteiger partial charge >= 0.3 is 7.32 Å². The molecule has 3 nitrogen and oxygen atoms in total. The second-order valence-electron chi connectivity index (χ2n) is 3.96. The normalized spacial score (nSPS) is 10.7. The molecule has 0 spiro atoms. The van der Waals surface area contributed by atoms with Crippen LogP contribution >= 0.6 is 0 Å². The fraction of sp³-hybridized carbons (Fsp3) is 1.00. The molecule has 0 aliphatic heterocycles. The SMILES string of the molecule is CCCCOB(OCCCC)OCCCC.[H]. The lowest BCUT2D eigenvalue weighted by molar-refractivity contribution is 0.0899. The summed E-state index contributed by atoms with van der Waals surface area (Å²) in [4.78, 5) is 0. The van der Waals surface area contributed by atoms with Gasteiger partial charge in [-0.1, -0.05) is 40.0 Å². The molecule has 4 heteroatoms. The molecule has 1 radical (unpaired) electrons. The summed E-state index contributed by atoms with van der Waals surface area (Å²) < 4.78 is 16.6. The first-order valence-electron chi connectivity index (χ1n) is 6.69. The average Bonchev–Trinajstić information content (AvgIpc) is 2.29. The third-order valence-corrected chi connectivity index (χ3v) is 2.26. The van der Waals surface area contributed by atoms with Gasteiger partial charge in [-0.15, -0.1) is 0 Å². The Labute approximate surface area is 103 Å². The Morgan fingerprint density at radius 1 is 0.688 bits per heavy atom. The quantitative estimate of drug-likeness (QED) is 0.380. The maximum Gasteiger partial charge on any atom is 0.639 e. The summed E-state index contributed by atoms with van der Waals surface area (Å²) in [6, 6.07) is 0. The van der Waals surface area contributed by atoms with Crippen molar-refractivity contribution in [1.29, 1.82) is 0 Å². The Hall–Kier alpha value is -0.0551. The Balaban J connectivity index is 0. The highest BCUT2D eigenvalue weighted by atomic mass is 16.7. The molecular formula is C12H28BO3. The average molecular weight is 231 g/mol. The molecule has 0 rings (SSSR count). The topological polar surface area (TPSA) is 27.7 Å². The van der Waals surface area contributed by atoms with Crippen LogP contribution in [0, 0.1) is 0 Å². The smallest absolute Gasteiger partial charge is 0.386 e. The zero-order valence-electron chi connectivity index (χ0n) is 12.2. The van der Waals surface area contributed by atoms with Gasteiger partial charge in [0.25, 0.3) is 0 Å². The van der Waals surface area contributed by atoms with Gasteiger partial charge in [0.05, 0.1) is 0 Å². The van der Waals surface area contributed by atoms with E-state index in [1.807, 2.05) is 0 Å². The highest BCUT2D eigenvalue weighted by molar-refractivity contribution is 6.36. The Morgan fingerprint density at radius 2 is 1.00 bits per heavy atom. The van der Waals surface area contributed by atoms with Crippen molar-refractivity contribution in [3.05, 3.63) is 0 Å². The van der Waals surface area contributed by atoms with Crippen LogP contribution < -0.4 is 0 Å². The molecule has 16 heavy (non-hydrogen) atoms. The van der Waals surface area contributed by atoms with Gasteiger partial charge < -0.3 is 14.0 Å². The zero-order valence-corrected chi connectivity index (χ0v) is 11.2. The van der Waals surface area contributed by atoms with E-state index in [-0.39, 0.29) is 1.43 Å². The summed E-state index contributed by atoms with van der Waals surface area (Å²) in [6.45, 7) is 8.61. The van der Waals surface area contributed by atoms with Crippen molar-refractivity contribution < 1.29 is 15.4 Å². The van der Waals surface area contributed by atoms with Crippen LogP contribution in [-0.4, -0.2) is 27.1 Å². The van der Waals surface area contributed by atoms with Gasteiger partial charge in [0.2, 0.25) is 0 Å². The van der Waals surface area contributed by atoms with E-state index in [2.05, 4.69) is 20.8 Å². The Kier molecular flexibility index (Phi) is 13.0. The van der Waals surface area contributed by atoms with Crippen LogP contribution in [0.15, 0.2) is 0 Å². The van der Waals surface area contributed by atoms with Crippen molar-refractivity contribution in [3.8, 4) is 0 Å². The van der Waals surface area contributed by atoms with Crippen LogP contribution in [0.5, 0.6) is 0 Å². The van der Waals surface area contributed by atoms with Crippen molar-refractivity contribution in [2.24, 2.45) is 0 Å². The molecule has 0 saturated carbocycles. The van der Waals surface area contributed by atoms with E-state index < -0.39 is 7.32 Å². The molecule has 0 unspecified atom stereocenters. The van der Waals surface area contributed by atoms with Crippen LogP contribution in [0.4, 0.5) is 0 Å². The molecule has 0 bridgehead atoms. The lowest BCUT2D eigenvalue weighted by Crippen LogP contribution is -2.28. The summed E-state index contributed by atoms with van der Waals surface area (Å²) in [5.74, 6) is 0. The van der Waals surface area contributed by atoms with Crippen LogP contribution in [-0.2, 0) is 14.0 Å². The first kappa shape index (κ1) is 15.9. The molecule has 0 amide bonds. The monoisotopic (exact) mass is 231 g/mol. The standard InChI is InChI=1S/C12H27BO3.H/c1-4-7-10-14-13(15-11-8-5-2)16-12-9-6-3;/h4-12H2,1-3H3;. The molecule has 97 valence electrons. The van der Waals surface area contributed by atoms with Crippen LogP contribution in [0.3, 0.4) is 0 Å². The summed E-state index contributed by atoms with van der Waals surface area (Å²) in [5.41, 5.74) is 0. The second-order valence-corrected chi connectivity index (χ2v) is 3.96. The van der Waals surface area contributed by atoms with Gasteiger partial charge in [-0.2, -0.15) is 0 Å². The molecule has 0 heterocycles. The molecule has 0 fully saturated rings. The van der Waals surface area contributed by atoms with Crippen molar-refractivity contribution in [1.82, 2.24) is 0 Å². The predicted octanol–water partition coefficient (Wildman–Crippen LogP) is 3.53. The Morgan fingerprint density at radius 3 is 1.25 bits per heavy atom. The minimum atomic E-state index is -0.454. The van der Waals surface area contributed by atoms with Crippen LogP contribution in [0.2, 0.25) is 0 Å². The van der Waals surface area contributed by atoms with Gasteiger partial charge in [-0.05, 0) is 19.3 Å². The summed E-state index contributed by atoms with van der Waals surface area (Å²) in [6.07, 6.45) is 6.59. The summed E-state index contributed by atoms with van der Waals surface area (Å²) in [5, 5.41) is 0. The van der Waals surface area contributed by atoms with E-state index in [1.165, 1.54) is 0 Å². The minimum absolute atomic E-state index is 0. The van der Waals surface area contributed by atoms with E-state index in [1.54, 1.807) is 0 Å². The summed E-state index contributed by atoms with van der Waals surface area (Å²) >= 11 is 0. The van der Waals surface area contributed by atoms with Crippen LogP contribution in [0.1, 0.15) is 60.7 Å². The maximum atomic E-state index is 5.53. The van der Waals surface area contributed by atoms with E-state index in [0.29, 0.717) is 0 Å². The second kappa shape index (κ2) is 13.0. The lowest BCUT2D eigenvalue weighted by Gasteiger charge is -2.14. The first-order chi connectivity index (χ1) is 7.85. The van der Waals surface area contributed by atoms with E-state index in [9.17, 15) is 0 Å². The van der Waals surface area contributed by atoms with Crippen molar-refractivity contribution >= 4 is 7.32 Å². The highest BCUT2D eigenvalue weighted by Gasteiger charge is 2.20. The third-order valence-electron chi connectivity index (χ3n) is 2.26. The molecule has 0 N–H and O–H groups in total. The fourth-order valence-electron chi connectivity index (χ4n) is 1.12. The third kappa shape index (κ3) is 10.5. The lowest BCUT2D eigenvalue weighted by atomic mass is 10.2. The van der Waals surface area contributed by atoms with Crippen molar-refractivity contribution in [3.63, 3.8) is 0 Å². The molecule has 0 aromatic rings. The molecule has 0 aliphatic carbocycles. The largest absolute Gasteiger partial charge is 0.639 e. The number of rotatable bonds is 12. The number of hydrogen-bond acceptors (Lipinski definition) is 3. The predicted molar refractivity (Wildman–Crippen MR) is 69.4 cm³/mol. The van der Waals surface area contributed by atoms with E-state index in [0.717, 1.165) is 58.3 Å². The first-order valence-corrected chi connectivity index (χ1v) is 6.69.